The SMILES string of the molecule is O.[Co].[H-].[H-].[Li+].[Li+]. The molecule has 0 heterocycles. The Bertz CT molecular complexity index is 11.5. The average Bonchev–Trinajstić information content (AvgIpc) is 0. The molecular weight excluding hydrogens is 88.8 g/mol. The van der Waals surface area contributed by atoms with E-state index in [0.717, 1.165) is 0 Å². The Balaban J connectivity index is 0. The van der Waals surface area contributed by atoms with Crippen molar-refractivity contribution in [2.45, 2.75) is 0 Å². The minimum absolute atomic E-state index is 0. The molecule has 21 valence electrons. The monoisotopic (exact) mass is 93.0 g/mol. The predicted octanol–water partition coefficient (Wildman–Crippen LogP) is -6.59. The second-order valence-electron chi connectivity index (χ2n) is 0. The van der Waals surface area contributed by atoms with Crippen molar-refractivity contribution < 1.29 is 62.8 Å². The van der Waals surface area contributed by atoms with Crippen molar-refractivity contribution in [2.24, 2.45) is 0 Å². The molecule has 4 heavy (non-hydrogen) atoms. The molecule has 0 spiro atoms. The van der Waals surface area contributed by atoms with Crippen LogP contribution in [0.15, 0.2) is 0 Å². The number of hydrogen-bond acceptors (Lipinski definition) is 0. The second kappa shape index (κ2) is 22.6. The summed E-state index contributed by atoms with van der Waals surface area (Å²) in [6.07, 6.45) is 0. The molecule has 0 fully saturated rings. The molecule has 0 saturated heterocycles. The third-order valence-electron chi connectivity index (χ3n) is 0. The first-order valence-corrected chi connectivity index (χ1v) is 0. The van der Waals surface area contributed by atoms with Crippen molar-refractivity contribution in [3.63, 3.8) is 0 Å². The first-order valence-electron chi connectivity index (χ1n) is 0. The number of hydrogen-bond donors (Lipinski definition) is 0. The zero-order valence-electron chi connectivity index (χ0n) is 4.83. The van der Waals surface area contributed by atoms with E-state index >= 15 is 0 Å². The molecule has 1 radical (unpaired) electrons. The van der Waals surface area contributed by atoms with Gasteiger partial charge in [-0.2, -0.15) is 0 Å². The van der Waals surface area contributed by atoms with E-state index in [1.54, 1.807) is 0 Å². The topological polar surface area (TPSA) is 31.5 Å². The maximum Gasteiger partial charge on any atom is 1.00 e. The molecule has 0 aliphatic carbocycles. The first-order chi connectivity index (χ1) is 0. The van der Waals surface area contributed by atoms with E-state index in [0.29, 0.717) is 0 Å². The molecule has 4 heteroatoms. The minimum atomic E-state index is 0. The van der Waals surface area contributed by atoms with Crippen LogP contribution in [0, 0.1) is 0 Å². The van der Waals surface area contributed by atoms with Crippen molar-refractivity contribution in [2.75, 3.05) is 0 Å². The Morgan fingerprint density at radius 1 is 1.00 bits per heavy atom. The van der Waals surface area contributed by atoms with Gasteiger partial charge in [-0.15, -0.1) is 0 Å². The quantitative estimate of drug-likeness (QED) is 0.266. The molecule has 0 amide bonds. The van der Waals surface area contributed by atoms with Gasteiger partial charge in [0.2, 0.25) is 0 Å². The smallest absolute Gasteiger partial charge is 1.00 e. The summed E-state index contributed by atoms with van der Waals surface area (Å²) in [6, 6.07) is 0. The van der Waals surface area contributed by atoms with Gasteiger partial charge in [0.25, 0.3) is 0 Å². The largest absolute Gasteiger partial charge is 1.00 e. The fourth-order valence-electron chi connectivity index (χ4n) is 0. The molecule has 1 nitrogen and oxygen atoms in total. The zero-order chi connectivity index (χ0) is 0. The maximum atomic E-state index is 0. The van der Waals surface area contributed by atoms with Gasteiger partial charge in [0.15, 0.2) is 0 Å². The van der Waals surface area contributed by atoms with Gasteiger partial charge in [0.1, 0.15) is 0 Å². The summed E-state index contributed by atoms with van der Waals surface area (Å²) in [5, 5.41) is 0. The second-order valence-corrected chi connectivity index (χ2v) is 0. The standard InChI is InChI=1S/Co.2Li.H2O.2H/h;;;1H2;;/q;2*+1;;2*-1. The Labute approximate surface area is 62.7 Å². The van der Waals surface area contributed by atoms with Gasteiger partial charge in [-0.3, -0.25) is 0 Å². The van der Waals surface area contributed by atoms with Gasteiger partial charge in [-0.25, -0.2) is 0 Å². The molecule has 0 saturated carbocycles. The zero-order valence-corrected chi connectivity index (χ0v) is 3.87. The van der Waals surface area contributed by atoms with Crippen LogP contribution in [0.3, 0.4) is 0 Å². The van der Waals surface area contributed by atoms with Crippen LogP contribution >= 0.6 is 0 Å². The van der Waals surface area contributed by atoms with Crippen LogP contribution in [0.25, 0.3) is 0 Å². The molecule has 0 rings (SSSR count). The van der Waals surface area contributed by atoms with Crippen LogP contribution in [0.4, 0.5) is 0 Å². The molecule has 0 aromatic heterocycles. The molecule has 0 aromatic rings. The Kier molecular flexibility index (Phi) is 252. The normalized spacial score (nSPS) is 0. The van der Waals surface area contributed by atoms with Crippen LogP contribution < -0.4 is 37.7 Å². The first kappa shape index (κ1) is 44.6. The van der Waals surface area contributed by atoms with E-state index in [9.17, 15) is 0 Å². The Morgan fingerprint density at radius 2 is 1.00 bits per heavy atom. The van der Waals surface area contributed by atoms with Crippen LogP contribution in [0.1, 0.15) is 2.85 Å². The van der Waals surface area contributed by atoms with Crippen molar-refractivity contribution in [1.82, 2.24) is 0 Å². The van der Waals surface area contributed by atoms with E-state index in [-0.39, 0.29) is 62.8 Å². The van der Waals surface area contributed by atoms with E-state index in [1.807, 2.05) is 0 Å². The summed E-state index contributed by atoms with van der Waals surface area (Å²) in [7, 11) is 0. The van der Waals surface area contributed by atoms with Crippen molar-refractivity contribution in [3.8, 4) is 0 Å². The maximum absolute atomic E-state index is 0. The fourth-order valence-corrected chi connectivity index (χ4v) is 0. The third kappa shape index (κ3) is 9.40. The molecule has 0 aromatic carbocycles. The Hall–Kier alpha value is 1.66. The number of rotatable bonds is 0. The van der Waals surface area contributed by atoms with Crippen molar-refractivity contribution >= 4 is 0 Å². The van der Waals surface area contributed by atoms with Crippen molar-refractivity contribution in [1.29, 1.82) is 0 Å². The summed E-state index contributed by atoms with van der Waals surface area (Å²) in [5.74, 6) is 0. The van der Waals surface area contributed by atoms with E-state index in [4.69, 9.17) is 0 Å². The molecular formula is H4CoLi2O. The van der Waals surface area contributed by atoms with Crippen LogP contribution in [-0.4, -0.2) is 5.48 Å². The summed E-state index contributed by atoms with van der Waals surface area (Å²) >= 11 is 0. The van der Waals surface area contributed by atoms with Crippen LogP contribution in [-0.2, 0) is 16.8 Å². The van der Waals surface area contributed by atoms with Gasteiger partial charge in [0.05, 0.1) is 0 Å². The van der Waals surface area contributed by atoms with E-state index in [2.05, 4.69) is 0 Å². The summed E-state index contributed by atoms with van der Waals surface area (Å²) < 4.78 is 0. The van der Waals surface area contributed by atoms with Gasteiger partial charge in [-0.1, -0.05) is 0 Å². The molecule has 0 bridgehead atoms. The third-order valence-corrected chi connectivity index (χ3v) is 0. The van der Waals surface area contributed by atoms with Gasteiger partial charge < -0.3 is 8.33 Å². The fraction of sp³-hybridized carbons (Fsp3) is 0. The molecule has 2 N–H and O–H groups in total. The van der Waals surface area contributed by atoms with Gasteiger partial charge >= 0.3 is 37.7 Å². The van der Waals surface area contributed by atoms with E-state index in [1.165, 1.54) is 0 Å². The summed E-state index contributed by atoms with van der Waals surface area (Å²) in [6.45, 7) is 0. The van der Waals surface area contributed by atoms with Gasteiger partial charge in [0, 0.05) is 16.8 Å². The van der Waals surface area contributed by atoms with Crippen LogP contribution in [0.5, 0.6) is 0 Å². The van der Waals surface area contributed by atoms with Crippen molar-refractivity contribution in [3.05, 3.63) is 0 Å². The summed E-state index contributed by atoms with van der Waals surface area (Å²) in [4.78, 5) is 0. The molecule has 0 atom stereocenters. The molecule has 0 aliphatic rings. The molecule has 0 unspecified atom stereocenters. The molecule has 0 aliphatic heterocycles. The minimum Gasteiger partial charge on any atom is -1.00 e. The van der Waals surface area contributed by atoms with Crippen LogP contribution in [0.2, 0.25) is 0 Å². The summed E-state index contributed by atoms with van der Waals surface area (Å²) in [5.41, 5.74) is 0. The van der Waals surface area contributed by atoms with E-state index < -0.39 is 0 Å². The average molecular weight is 92.8 g/mol. The van der Waals surface area contributed by atoms with Gasteiger partial charge in [-0.05, 0) is 0 Å². The predicted molar refractivity (Wildman–Crippen MR) is 5.84 cm³/mol. The Morgan fingerprint density at radius 3 is 1.00 bits per heavy atom.